The van der Waals surface area contributed by atoms with Crippen molar-refractivity contribution < 1.29 is 5.11 Å². The number of tetrazole rings is 1. The van der Waals surface area contributed by atoms with E-state index in [0.29, 0.717) is 11.8 Å². The van der Waals surface area contributed by atoms with Crippen LogP contribution in [0.3, 0.4) is 0 Å². The maximum Gasteiger partial charge on any atom is 0.173 e. The number of rotatable bonds is 5. The summed E-state index contributed by atoms with van der Waals surface area (Å²) < 4.78 is 2.12. The lowest BCUT2D eigenvalue weighted by Crippen LogP contribution is -2.48. The van der Waals surface area contributed by atoms with Gasteiger partial charge in [0.15, 0.2) is 5.82 Å². The van der Waals surface area contributed by atoms with Crippen LogP contribution in [0.2, 0.25) is 0 Å². The molecule has 0 spiro atoms. The van der Waals surface area contributed by atoms with Crippen molar-refractivity contribution >= 4 is 5.69 Å². The van der Waals surface area contributed by atoms with Crippen LogP contribution in [0.15, 0.2) is 48.5 Å². The number of phenols is 1. The number of aromatic nitrogens is 4. The van der Waals surface area contributed by atoms with E-state index in [-0.39, 0.29) is 6.04 Å². The fourth-order valence-electron chi connectivity index (χ4n) is 5.14. The van der Waals surface area contributed by atoms with Crippen molar-refractivity contribution in [3.8, 4) is 5.75 Å². The predicted octanol–water partition coefficient (Wildman–Crippen LogP) is 4.10. The van der Waals surface area contributed by atoms with Crippen LogP contribution in [0.4, 0.5) is 5.69 Å². The van der Waals surface area contributed by atoms with Crippen molar-refractivity contribution in [2.75, 3.05) is 31.1 Å². The second-order valence-electron chi connectivity index (χ2n) is 9.13. The third-order valence-corrected chi connectivity index (χ3v) is 6.97. The summed E-state index contributed by atoms with van der Waals surface area (Å²) in [5.41, 5.74) is 3.67. The topological polar surface area (TPSA) is 70.3 Å². The van der Waals surface area contributed by atoms with E-state index in [9.17, 15) is 5.11 Å². The maximum atomic E-state index is 9.61. The number of phenolic OH excluding ortho intramolecular Hbond substituents is 1. The van der Waals surface area contributed by atoms with Crippen molar-refractivity contribution in [2.24, 2.45) is 0 Å². The molecule has 1 aliphatic carbocycles. The standard InChI is InChI=1S/C25H32N6O/c1-19-7-9-20(10-8-19)24(25-26-27-28-31(25)22-5-3-2-4-6-22)30-17-15-29(16-18-30)21-11-13-23(32)14-12-21/h7-14,22,24,32H,2-6,15-18H2,1H3. The quantitative estimate of drug-likeness (QED) is 0.654. The van der Waals surface area contributed by atoms with Crippen LogP contribution < -0.4 is 4.90 Å². The molecule has 1 saturated carbocycles. The van der Waals surface area contributed by atoms with Gasteiger partial charge in [0.2, 0.25) is 0 Å². The lowest BCUT2D eigenvalue weighted by molar-refractivity contribution is 0.193. The van der Waals surface area contributed by atoms with Crippen molar-refractivity contribution in [1.29, 1.82) is 0 Å². The number of nitrogens with zero attached hydrogens (tertiary/aromatic N) is 6. The molecule has 1 unspecified atom stereocenters. The number of benzene rings is 2. The van der Waals surface area contributed by atoms with Crippen LogP contribution in [-0.2, 0) is 0 Å². The Balaban J connectivity index is 1.41. The normalized spacial score (nSPS) is 19.2. The Hall–Kier alpha value is -2.93. The molecule has 7 nitrogen and oxygen atoms in total. The Morgan fingerprint density at radius 3 is 2.25 bits per heavy atom. The van der Waals surface area contributed by atoms with Gasteiger partial charge in [-0.15, -0.1) is 5.10 Å². The molecule has 3 aromatic rings. The summed E-state index contributed by atoms with van der Waals surface area (Å²) in [4.78, 5) is 4.90. The first-order chi connectivity index (χ1) is 15.7. The van der Waals surface area contributed by atoms with Gasteiger partial charge in [0.05, 0.1) is 12.1 Å². The van der Waals surface area contributed by atoms with E-state index >= 15 is 0 Å². The minimum absolute atomic E-state index is 0.0505. The Morgan fingerprint density at radius 2 is 1.56 bits per heavy atom. The first kappa shape index (κ1) is 20.9. The van der Waals surface area contributed by atoms with E-state index in [1.54, 1.807) is 12.1 Å². The summed E-state index contributed by atoms with van der Waals surface area (Å²) in [6, 6.07) is 16.8. The van der Waals surface area contributed by atoms with Gasteiger partial charge >= 0.3 is 0 Å². The zero-order valence-corrected chi connectivity index (χ0v) is 18.8. The molecule has 168 valence electrons. The molecule has 0 amide bonds. The molecule has 2 aliphatic rings. The van der Waals surface area contributed by atoms with Gasteiger partial charge in [0.25, 0.3) is 0 Å². The largest absolute Gasteiger partial charge is 0.508 e. The maximum absolute atomic E-state index is 9.61. The van der Waals surface area contributed by atoms with Crippen LogP contribution in [0, 0.1) is 6.92 Å². The molecule has 1 saturated heterocycles. The molecule has 2 aromatic carbocycles. The van der Waals surface area contributed by atoms with Crippen molar-refractivity contribution in [3.05, 3.63) is 65.5 Å². The molecular weight excluding hydrogens is 400 g/mol. The lowest BCUT2D eigenvalue weighted by atomic mass is 9.95. The summed E-state index contributed by atoms with van der Waals surface area (Å²) in [5.74, 6) is 1.28. The smallest absolute Gasteiger partial charge is 0.173 e. The van der Waals surface area contributed by atoms with E-state index in [1.165, 1.54) is 30.4 Å². The van der Waals surface area contributed by atoms with Gasteiger partial charge in [0, 0.05) is 31.9 Å². The highest BCUT2D eigenvalue weighted by Gasteiger charge is 2.32. The molecule has 2 heterocycles. The highest BCUT2D eigenvalue weighted by Crippen LogP contribution is 2.34. The second kappa shape index (κ2) is 9.28. The summed E-state index contributed by atoms with van der Waals surface area (Å²) in [6.07, 6.45) is 6.14. The molecule has 0 radical (unpaired) electrons. The Kier molecular flexibility index (Phi) is 6.08. The zero-order chi connectivity index (χ0) is 21.9. The lowest BCUT2D eigenvalue weighted by Gasteiger charge is -2.40. The summed E-state index contributed by atoms with van der Waals surface area (Å²) in [5, 5.41) is 22.8. The van der Waals surface area contributed by atoms with E-state index in [2.05, 4.69) is 61.2 Å². The molecule has 2 fully saturated rings. The molecule has 1 aromatic heterocycles. The van der Waals surface area contributed by atoms with Gasteiger partial charge in [-0.1, -0.05) is 49.1 Å². The first-order valence-corrected chi connectivity index (χ1v) is 11.8. The van der Waals surface area contributed by atoms with Gasteiger partial charge in [-0.2, -0.15) is 0 Å². The molecular formula is C25H32N6O. The Labute approximate surface area is 189 Å². The molecule has 1 atom stereocenters. The first-order valence-electron chi connectivity index (χ1n) is 11.8. The third kappa shape index (κ3) is 4.35. The number of aromatic hydroxyl groups is 1. The number of aryl methyl sites for hydroxylation is 1. The highest BCUT2D eigenvalue weighted by atomic mass is 16.3. The van der Waals surface area contributed by atoms with Gasteiger partial charge in [0.1, 0.15) is 5.75 Å². The van der Waals surface area contributed by atoms with Gasteiger partial charge in [-0.3, -0.25) is 4.90 Å². The van der Waals surface area contributed by atoms with Crippen molar-refractivity contribution in [3.63, 3.8) is 0 Å². The fraction of sp³-hybridized carbons (Fsp3) is 0.480. The minimum atomic E-state index is 0.0505. The van der Waals surface area contributed by atoms with Crippen molar-refractivity contribution in [1.82, 2.24) is 25.1 Å². The van der Waals surface area contributed by atoms with Gasteiger partial charge in [-0.05, 0) is 60.0 Å². The van der Waals surface area contributed by atoms with E-state index in [0.717, 1.165) is 50.5 Å². The molecule has 1 N–H and O–H groups in total. The number of anilines is 1. The molecule has 7 heteroatoms. The van der Waals surface area contributed by atoms with Crippen LogP contribution in [0.5, 0.6) is 5.75 Å². The Morgan fingerprint density at radius 1 is 0.875 bits per heavy atom. The summed E-state index contributed by atoms with van der Waals surface area (Å²) in [7, 11) is 0. The average Bonchev–Trinajstić information content (AvgIpc) is 3.31. The molecule has 0 bridgehead atoms. The van der Waals surface area contributed by atoms with Crippen LogP contribution in [0.25, 0.3) is 0 Å². The minimum Gasteiger partial charge on any atom is -0.508 e. The predicted molar refractivity (Wildman–Crippen MR) is 125 cm³/mol. The Bertz CT molecular complexity index is 1000. The number of hydrogen-bond acceptors (Lipinski definition) is 6. The van der Waals surface area contributed by atoms with Crippen LogP contribution in [0.1, 0.15) is 61.1 Å². The molecule has 1 aliphatic heterocycles. The highest BCUT2D eigenvalue weighted by molar-refractivity contribution is 5.49. The monoisotopic (exact) mass is 432 g/mol. The average molecular weight is 433 g/mol. The second-order valence-corrected chi connectivity index (χ2v) is 9.13. The molecule has 5 rings (SSSR count). The number of hydrogen-bond donors (Lipinski definition) is 1. The van der Waals surface area contributed by atoms with E-state index < -0.39 is 0 Å². The van der Waals surface area contributed by atoms with E-state index in [4.69, 9.17) is 0 Å². The van der Waals surface area contributed by atoms with Crippen LogP contribution in [-0.4, -0.2) is 56.4 Å². The van der Waals surface area contributed by atoms with E-state index in [1.807, 2.05) is 12.1 Å². The van der Waals surface area contributed by atoms with Crippen LogP contribution >= 0.6 is 0 Å². The fourth-order valence-corrected chi connectivity index (χ4v) is 5.14. The summed E-state index contributed by atoms with van der Waals surface area (Å²) >= 11 is 0. The number of piperazine rings is 1. The van der Waals surface area contributed by atoms with Gasteiger partial charge in [-0.25, -0.2) is 4.68 Å². The summed E-state index contributed by atoms with van der Waals surface area (Å²) in [6.45, 7) is 5.84. The van der Waals surface area contributed by atoms with Gasteiger partial charge < -0.3 is 10.0 Å². The molecule has 32 heavy (non-hydrogen) atoms. The SMILES string of the molecule is Cc1ccc(C(c2nnnn2C2CCCCC2)N2CCN(c3ccc(O)cc3)CC2)cc1. The zero-order valence-electron chi connectivity index (χ0n) is 18.8. The van der Waals surface area contributed by atoms with Crippen molar-refractivity contribution in [2.45, 2.75) is 51.1 Å². The third-order valence-electron chi connectivity index (χ3n) is 6.97.